The van der Waals surface area contributed by atoms with Crippen LogP contribution in [0.2, 0.25) is 0 Å². The number of rotatable bonds is 3. The number of furan rings is 1. The van der Waals surface area contributed by atoms with Crippen molar-refractivity contribution in [3.63, 3.8) is 0 Å². The molecule has 0 aliphatic heterocycles. The lowest BCUT2D eigenvalue weighted by molar-refractivity contribution is 0.0997. The summed E-state index contributed by atoms with van der Waals surface area (Å²) < 4.78 is 19.3. The van der Waals surface area contributed by atoms with Crippen LogP contribution in [0.15, 0.2) is 59.0 Å². The summed E-state index contributed by atoms with van der Waals surface area (Å²) in [7, 11) is 0. The summed E-state index contributed by atoms with van der Waals surface area (Å²) in [6, 6.07) is 15.2. The molecule has 0 bridgehead atoms. The molecule has 0 unspecified atom stereocenters. The van der Waals surface area contributed by atoms with Gasteiger partial charge in [0.25, 0.3) is 5.91 Å². The molecule has 0 saturated carbocycles. The summed E-state index contributed by atoms with van der Waals surface area (Å²) in [5, 5.41) is 2.79. The van der Waals surface area contributed by atoms with E-state index in [1.807, 2.05) is 32.0 Å². The van der Waals surface area contributed by atoms with Gasteiger partial charge in [-0.3, -0.25) is 4.79 Å². The molecule has 0 aliphatic rings. The lowest BCUT2D eigenvalue weighted by atomic mass is 10.1. The van der Waals surface area contributed by atoms with E-state index in [0.29, 0.717) is 17.0 Å². The molecule has 0 radical (unpaired) electrons. The third-order valence-corrected chi connectivity index (χ3v) is 3.45. The average Bonchev–Trinajstić information content (AvgIpc) is 2.96. The monoisotopic (exact) mass is 309 g/mol. The second-order valence-electron chi connectivity index (χ2n) is 5.47. The first-order chi connectivity index (χ1) is 11.0. The van der Waals surface area contributed by atoms with Crippen molar-refractivity contribution < 1.29 is 13.6 Å². The van der Waals surface area contributed by atoms with Gasteiger partial charge in [-0.25, -0.2) is 4.39 Å². The van der Waals surface area contributed by atoms with Crippen molar-refractivity contribution in [1.29, 1.82) is 0 Å². The molecule has 23 heavy (non-hydrogen) atoms. The van der Waals surface area contributed by atoms with Crippen LogP contribution in [0.5, 0.6) is 0 Å². The van der Waals surface area contributed by atoms with Gasteiger partial charge >= 0.3 is 0 Å². The lowest BCUT2D eigenvalue weighted by Crippen LogP contribution is -2.11. The van der Waals surface area contributed by atoms with Crippen molar-refractivity contribution in [3.8, 4) is 11.3 Å². The van der Waals surface area contributed by atoms with Crippen LogP contribution in [-0.4, -0.2) is 5.91 Å². The fourth-order valence-corrected chi connectivity index (χ4v) is 2.51. The molecule has 2 aromatic carbocycles. The number of benzene rings is 2. The van der Waals surface area contributed by atoms with E-state index in [9.17, 15) is 9.18 Å². The summed E-state index contributed by atoms with van der Waals surface area (Å²) >= 11 is 0. The van der Waals surface area contributed by atoms with E-state index in [-0.39, 0.29) is 17.5 Å². The molecule has 3 rings (SSSR count). The van der Waals surface area contributed by atoms with Gasteiger partial charge in [0, 0.05) is 5.69 Å². The van der Waals surface area contributed by atoms with Crippen molar-refractivity contribution in [2.24, 2.45) is 0 Å². The molecule has 1 aromatic heterocycles. The number of hydrogen-bond donors (Lipinski definition) is 1. The first-order valence-corrected chi connectivity index (χ1v) is 7.27. The number of carbonyl (C=O) groups excluding carboxylic acids is 1. The van der Waals surface area contributed by atoms with E-state index in [1.165, 1.54) is 6.07 Å². The van der Waals surface area contributed by atoms with Gasteiger partial charge < -0.3 is 9.73 Å². The van der Waals surface area contributed by atoms with Crippen molar-refractivity contribution in [2.45, 2.75) is 13.8 Å². The number of amides is 1. The van der Waals surface area contributed by atoms with Crippen LogP contribution in [0.1, 0.15) is 21.7 Å². The number of nitrogens with one attached hydrogen (secondary N) is 1. The quantitative estimate of drug-likeness (QED) is 0.743. The van der Waals surface area contributed by atoms with E-state index in [4.69, 9.17) is 4.42 Å². The van der Waals surface area contributed by atoms with Gasteiger partial charge in [0.15, 0.2) is 5.76 Å². The topological polar surface area (TPSA) is 42.2 Å². The Bertz CT molecular complexity index is 847. The maximum Gasteiger partial charge on any atom is 0.291 e. The number of carbonyl (C=O) groups is 1. The van der Waals surface area contributed by atoms with Gasteiger partial charge in [-0.2, -0.15) is 0 Å². The second-order valence-corrected chi connectivity index (χ2v) is 5.47. The largest absolute Gasteiger partial charge is 0.451 e. The third kappa shape index (κ3) is 3.31. The Balaban J connectivity index is 1.83. The number of aryl methyl sites for hydroxylation is 2. The van der Waals surface area contributed by atoms with E-state index in [0.717, 1.165) is 11.1 Å². The smallest absolute Gasteiger partial charge is 0.291 e. The third-order valence-electron chi connectivity index (χ3n) is 3.45. The Labute approximate surface area is 133 Å². The zero-order valence-electron chi connectivity index (χ0n) is 12.9. The molecule has 3 aromatic rings. The molecule has 0 aliphatic carbocycles. The molecule has 4 heteroatoms. The molecule has 0 saturated heterocycles. The second kappa shape index (κ2) is 6.08. The van der Waals surface area contributed by atoms with Gasteiger partial charge in [0.2, 0.25) is 0 Å². The van der Waals surface area contributed by atoms with Crippen LogP contribution in [0.3, 0.4) is 0 Å². The Morgan fingerprint density at radius 1 is 1.00 bits per heavy atom. The van der Waals surface area contributed by atoms with Crippen LogP contribution >= 0.6 is 0 Å². The normalized spacial score (nSPS) is 10.6. The van der Waals surface area contributed by atoms with Gasteiger partial charge in [-0.1, -0.05) is 18.2 Å². The SMILES string of the molecule is Cc1cc(C)cc(NC(=O)c2ccc(-c3ccccc3F)o2)c1. The number of hydrogen-bond acceptors (Lipinski definition) is 2. The predicted molar refractivity (Wildman–Crippen MR) is 88.0 cm³/mol. The van der Waals surface area contributed by atoms with Crippen molar-refractivity contribution in [3.05, 3.63) is 77.3 Å². The lowest BCUT2D eigenvalue weighted by Gasteiger charge is -2.06. The molecule has 0 atom stereocenters. The highest BCUT2D eigenvalue weighted by Crippen LogP contribution is 2.25. The van der Waals surface area contributed by atoms with E-state index in [2.05, 4.69) is 5.32 Å². The molecular formula is C19H16FNO2. The minimum Gasteiger partial charge on any atom is -0.451 e. The molecular weight excluding hydrogens is 293 g/mol. The molecule has 1 heterocycles. The highest BCUT2D eigenvalue weighted by Gasteiger charge is 2.14. The first kappa shape index (κ1) is 15.0. The Morgan fingerprint density at radius 3 is 2.39 bits per heavy atom. The molecule has 1 amide bonds. The Hall–Kier alpha value is -2.88. The minimum atomic E-state index is -0.386. The predicted octanol–water partition coefficient (Wildman–Crippen LogP) is 4.95. The van der Waals surface area contributed by atoms with Crippen molar-refractivity contribution in [2.75, 3.05) is 5.32 Å². The van der Waals surface area contributed by atoms with Gasteiger partial charge in [0.1, 0.15) is 11.6 Å². The highest BCUT2D eigenvalue weighted by molar-refractivity contribution is 6.02. The fourth-order valence-electron chi connectivity index (χ4n) is 2.51. The number of anilines is 1. The number of halogens is 1. The van der Waals surface area contributed by atoms with Crippen LogP contribution in [-0.2, 0) is 0 Å². The summed E-state index contributed by atoms with van der Waals surface area (Å²) in [6.07, 6.45) is 0. The zero-order chi connectivity index (χ0) is 16.4. The summed E-state index contributed by atoms with van der Waals surface area (Å²) in [4.78, 5) is 12.3. The van der Waals surface area contributed by atoms with Crippen LogP contribution < -0.4 is 5.32 Å². The molecule has 1 N–H and O–H groups in total. The maximum atomic E-state index is 13.8. The average molecular weight is 309 g/mol. The van der Waals surface area contributed by atoms with E-state index in [1.54, 1.807) is 30.3 Å². The van der Waals surface area contributed by atoms with Gasteiger partial charge in [-0.05, 0) is 61.4 Å². The minimum absolute atomic E-state index is 0.141. The Kier molecular flexibility index (Phi) is 3.98. The van der Waals surface area contributed by atoms with Gasteiger partial charge in [-0.15, -0.1) is 0 Å². The van der Waals surface area contributed by atoms with Crippen LogP contribution in [0, 0.1) is 19.7 Å². The molecule has 0 spiro atoms. The van der Waals surface area contributed by atoms with E-state index >= 15 is 0 Å². The van der Waals surface area contributed by atoms with Gasteiger partial charge in [0.05, 0.1) is 5.56 Å². The summed E-state index contributed by atoms with van der Waals surface area (Å²) in [6.45, 7) is 3.93. The highest BCUT2D eigenvalue weighted by atomic mass is 19.1. The molecule has 116 valence electrons. The standard InChI is InChI=1S/C19H16FNO2/c1-12-9-13(2)11-14(10-12)21-19(22)18-8-7-17(23-18)15-5-3-4-6-16(15)20/h3-11H,1-2H3,(H,21,22). The van der Waals surface area contributed by atoms with E-state index < -0.39 is 0 Å². The molecule has 0 fully saturated rings. The maximum absolute atomic E-state index is 13.8. The summed E-state index contributed by atoms with van der Waals surface area (Å²) in [5.41, 5.74) is 3.16. The van der Waals surface area contributed by atoms with Crippen LogP contribution in [0.25, 0.3) is 11.3 Å². The van der Waals surface area contributed by atoms with Crippen molar-refractivity contribution in [1.82, 2.24) is 0 Å². The zero-order valence-corrected chi connectivity index (χ0v) is 12.9. The molecule has 3 nitrogen and oxygen atoms in total. The van der Waals surface area contributed by atoms with Crippen LogP contribution in [0.4, 0.5) is 10.1 Å². The fraction of sp³-hybridized carbons (Fsp3) is 0.105. The summed E-state index contributed by atoms with van der Waals surface area (Å²) in [5.74, 6) is -0.281. The van der Waals surface area contributed by atoms with Crippen molar-refractivity contribution >= 4 is 11.6 Å². The Morgan fingerprint density at radius 2 is 1.70 bits per heavy atom. The first-order valence-electron chi connectivity index (χ1n) is 7.27.